The normalized spacial score (nSPS) is 10.5. The maximum Gasteiger partial charge on any atom is 0.250 e. The highest BCUT2D eigenvalue weighted by Crippen LogP contribution is 2.15. The molecule has 0 bridgehead atoms. The van der Waals surface area contributed by atoms with Crippen LogP contribution in [0.1, 0.15) is 5.56 Å². The van der Waals surface area contributed by atoms with Gasteiger partial charge in [0.1, 0.15) is 5.75 Å². The van der Waals surface area contributed by atoms with E-state index in [1.807, 2.05) is 42.5 Å². The summed E-state index contributed by atoms with van der Waals surface area (Å²) in [6.45, 7) is 0. The van der Waals surface area contributed by atoms with Crippen molar-refractivity contribution in [3.05, 3.63) is 54.2 Å². The molecule has 0 atom stereocenters. The first kappa shape index (κ1) is 15.1. The Hall–Kier alpha value is -2.34. The lowest BCUT2D eigenvalue weighted by Gasteiger charge is -2.03. The van der Waals surface area contributed by atoms with Crippen LogP contribution in [0.4, 0.5) is 0 Å². The van der Waals surface area contributed by atoms with Crippen molar-refractivity contribution < 1.29 is 9.53 Å². The number of para-hydroxylation sites is 1. The lowest BCUT2D eigenvalue weighted by atomic mass is 10.2. The van der Waals surface area contributed by atoms with Gasteiger partial charge in [-0.3, -0.25) is 4.79 Å². The summed E-state index contributed by atoms with van der Waals surface area (Å²) in [5.74, 6) is 0.787. The zero-order valence-electron chi connectivity index (χ0n) is 11.5. The molecule has 2 rings (SSSR count). The molecule has 0 spiro atoms. The Labute approximate surface area is 127 Å². The van der Waals surface area contributed by atoms with Crippen LogP contribution in [0.15, 0.2) is 58.8 Å². The average Bonchev–Trinajstić information content (AvgIpc) is 2.54. The summed E-state index contributed by atoms with van der Waals surface area (Å²) in [6.07, 6.45) is 3.25. The molecule has 1 amide bonds. The molecule has 1 aromatic heterocycles. The number of benzene rings is 1. The number of hydrogen-bond acceptors (Lipinski definition) is 5. The van der Waals surface area contributed by atoms with E-state index in [1.165, 1.54) is 11.8 Å². The summed E-state index contributed by atoms with van der Waals surface area (Å²) in [5, 5.41) is 4.73. The van der Waals surface area contributed by atoms with Gasteiger partial charge >= 0.3 is 0 Å². The molecule has 0 aliphatic carbocycles. The van der Waals surface area contributed by atoms with Crippen molar-refractivity contribution in [2.45, 2.75) is 5.03 Å². The van der Waals surface area contributed by atoms with Gasteiger partial charge in [-0.25, -0.2) is 10.4 Å². The first-order valence-corrected chi connectivity index (χ1v) is 7.27. The highest BCUT2D eigenvalue weighted by atomic mass is 32.2. The molecule has 5 nitrogen and oxygen atoms in total. The van der Waals surface area contributed by atoms with Crippen LogP contribution in [0.5, 0.6) is 5.75 Å². The molecule has 0 aliphatic rings. The molecule has 6 heteroatoms. The molecule has 0 fully saturated rings. The van der Waals surface area contributed by atoms with Crippen LogP contribution >= 0.6 is 11.8 Å². The number of rotatable bonds is 6. The Balaban J connectivity index is 1.82. The number of hydrazone groups is 1. The summed E-state index contributed by atoms with van der Waals surface area (Å²) in [6, 6.07) is 13.0. The molecule has 2 aromatic rings. The molecule has 0 aliphatic heterocycles. The second-order valence-electron chi connectivity index (χ2n) is 3.99. The minimum absolute atomic E-state index is 0.184. The number of carbonyl (C=O) groups excluding carboxylic acids is 1. The summed E-state index contributed by atoms with van der Waals surface area (Å²) < 4.78 is 5.19. The first-order valence-electron chi connectivity index (χ1n) is 6.28. The summed E-state index contributed by atoms with van der Waals surface area (Å²) in [4.78, 5) is 15.8. The zero-order chi connectivity index (χ0) is 14.9. The molecule has 108 valence electrons. The van der Waals surface area contributed by atoms with Gasteiger partial charge in [0.15, 0.2) is 0 Å². The topological polar surface area (TPSA) is 63.6 Å². The molecule has 0 radical (unpaired) electrons. The molecule has 1 heterocycles. The van der Waals surface area contributed by atoms with Gasteiger partial charge < -0.3 is 4.74 Å². The Morgan fingerprint density at radius 2 is 2.14 bits per heavy atom. The Morgan fingerprint density at radius 3 is 2.90 bits per heavy atom. The lowest BCUT2D eigenvalue weighted by Crippen LogP contribution is -2.19. The van der Waals surface area contributed by atoms with Gasteiger partial charge in [0.2, 0.25) is 5.91 Å². The molecule has 0 saturated heterocycles. The third-order valence-corrected chi connectivity index (χ3v) is 3.46. The van der Waals surface area contributed by atoms with Crippen molar-refractivity contribution in [2.75, 3.05) is 12.9 Å². The number of carbonyl (C=O) groups is 1. The molecule has 0 unspecified atom stereocenters. The van der Waals surface area contributed by atoms with Crippen molar-refractivity contribution in [1.82, 2.24) is 10.4 Å². The van der Waals surface area contributed by atoms with Crippen molar-refractivity contribution in [1.29, 1.82) is 0 Å². The first-order chi connectivity index (χ1) is 10.3. The van der Waals surface area contributed by atoms with E-state index < -0.39 is 0 Å². The number of thioether (sulfide) groups is 1. The van der Waals surface area contributed by atoms with Gasteiger partial charge in [-0.1, -0.05) is 30.0 Å². The minimum atomic E-state index is -0.184. The number of amides is 1. The molecule has 0 saturated carbocycles. The molecular formula is C15H15N3O2S. The maximum atomic E-state index is 11.7. The van der Waals surface area contributed by atoms with Crippen molar-refractivity contribution in [3.8, 4) is 5.75 Å². The van der Waals surface area contributed by atoms with Crippen LogP contribution in [-0.2, 0) is 4.79 Å². The van der Waals surface area contributed by atoms with Gasteiger partial charge in [-0.15, -0.1) is 0 Å². The number of methoxy groups -OCH3 is 1. The fraction of sp³-hybridized carbons (Fsp3) is 0.133. The van der Waals surface area contributed by atoms with Gasteiger partial charge in [0.05, 0.1) is 24.1 Å². The number of pyridine rings is 1. The number of aromatic nitrogens is 1. The zero-order valence-corrected chi connectivity index (χ0v) is 12.3. The van der Waals surface area contributed by atoms with Crippen LogP contribution in [-0.4, -0.2) is 30.0 Å². The standard InChI is InChI=1S/C15H15N3O2S/c1-20-13-7-3-2-6-12(13)10-17-18-14(19)11-21-15-8-4-5-9-16-15/h2-10H,11H2,1H3,(H,18,19)/b17-10-. The number of ether oxygens (including phenoxy) is 1. The monoisotopic (exact) mass is 301 g/mol. The Bertz CT molecular complexity index is 617. The van der Waals surface area contributed by atoms with E-state index in [1.54, 1.807) is 19.5 Å². The molecule has 1 N–H and O–H groups in total. The maximum absolute atomic E-state index is 11.7. The van der Waals surface area contributed by atoms with Gasteiger partial charge in [0.25, 0.3) is 0 Å². The van der Waals surface area contributed by atoms with E-state index in [-0.39, 0.29) is 11.7 Å². The van der Waals surface area contributed by atoms with Crippen LogP contribution in [0.25, 0.3) is 0 Å². The largest absolute Gasteiger partial charge is 0.496 e. The number of nitrogens with one attached hydrogen (secondary N) is 1. The van der Waals surface area contributed by atoms with Crippen LogP contribution in [0, 0.1) is 0 Å². The van der Waals surface area contributed by atoms with Crippen molar-refractivity contribution in [3.63, 3.8) is 0 Å². The second-order valence-corrected chi connectivity index (χ2v) is 4.99. The minimum Gasteiger partial charge on any atom is -0.496 e. The quantitative estimate of drug-likeness (QED) is 0.505. The van der Waals surface area contributed by atoms with Crippen LogP contribution in [0.3, 0.4) is 0 Å². The lowest BCUT2D eigenvalue weighted by molar-refractivity contribution is -0.118. The SMILES string of the molecule is COc1ccccc1/C=N\NC(=O)CSc1ccccn1. The fourth-order valence-electron chi connectivity index (χ4n) is 1.55. The van der Waals surface area contributed by atoms with E-state index in [9.17, 15) is 4.79 Å². The highest BCUT2D eigenvalue weighted by molar-refractivity contribution is 7.99. The van der Waals surface area contributed by atoms with E-state index in [4.69, 9.17) is 4.74 Å². The predicted octanol–water partition coefficient (Wildman–Crippen LogP) is 2.33. The van der Waals surface area contributed by atoms with E-state index in [2.05, 4.69) is 15.5 Å². The van der Waals surface area contributed by atoms with Crippen LogP contribution < -0.4 is 10.2 Å². The van der Waals surface area contributed by atoms with Crippen LogP contribution in [0.2, 0.25) is 0 Å². The fourth-order valence-corrected chi connectivity index (χ4v) is 2.20. The molecular weight excluding hydrogens is 286 g/mol. The second kappa shape index (κ2) is 8.06. The number of nitrogens with zero attached hydrogens (tertiary/aromatic N) is 2. The molecule has 1 aromatic carbocycles. The highest BCUT2D eigenvalue weighted by Gasteiger charge is 2.02. The Kier molecular flexibility index (Phi) is 5.78. The number of hydrogen-bond donors (Lipinski definition) is 1. The van der Waals surface area contributed by atoms with E-state index in [0.717, 1.165) is 10.6 Å². The van der Waals surface area contributed by atoms with Gasteiger partial charge in [-0.05, 0) is 24.3 Å². The van der Waals surface area contributed by atoms with Gasteiger partial charge in [-0.2, -0.15) is 5.10 Å². The Morgan fingerprint density at radius 1 is 1.33 bits per heavy atom. The third-order valence-electron chi connectivity index (χ3n) is 2.52. The predicted molar refractivity (Wildman–Crippen MR) is 83.7 cm³/mol. The van der Waals surface area contributed by atoms with E-state index >= 15 is 0 Å². The summed E-state index contributed by atoms with van der Waals surface area (Å²) >= 11 is 1.36. The van der Waals surface area contributed by atoms with Crippen molar-refractivity contribution >= 4 is 23.9 Å². The molecule has 21 heavy (non-hydrogen) atoms. The third kappa shape index (κ3) is 4.92. The summed E-state index contributed by atoms with van der Waals surface area (Å²) in [7, 11) is 1.59. The smallest absolute Gasteiger partial charge is 0.250 e. The average molecular weight is 301 g/mol. The summed E-state index contributed by atoms with van der Waals surface area (Å²) in [5.41, 5.74) is 3.28. The van der Waals surface area contributed by atoms with Crippen molar-refractivity contribution in [2.24, 2.45) is 5.10 Å². The van der Waals surface area contributed by atoms with E-state index in [0.29, 0.717) is 5.75 Å². The van der Waals surface area contributed by atoms with Gasteiger partial charge in [0, 0.05) is 11.8 Å².